The number of nitrogens with two attached hydrogens (primary N) is 1. The smallest absolute Gasteiger partial charge is 0.125 e. The summed E-state index contributed by atoms with van der Waals surface area (Å²) in [4.78, 5) is 0. The highest BCUT2D eigenvalue weighted by Crippen LogP contribution is 2.21. The van der Waals surface area contributed by atoms with Crippen LogP contribution in [0.2, 0.25) is 0 Å². The first-order valence-corrected chi connectivity index (χ1v) is 5.72. The van der Waals surface area contributed by atoms with E-state index in [1.165, 1.54) is 11.1 Å². The van der Waals surface area contributed by atoms with Gasteiger partial charge in [0.1, 0.15) is 12.4 Å². The van der Waals surface area contributed by atoms with Crippen molar-refractivity contribution < 1.29 is 9.47 Å². The maximum atomic E-state index is 5.69. The lowest BCUT2D eigenvalue weighted by atomic mass is 10.1. The fraction of sp³-hybridized carbons (Fsp3) is 0.538. The van der Waals surface area contributed by atoms with Crippen LogP contribution in [0, 0.1) is 13.8 Å². The lowest BCUT2D eigenvalue weighted by Gasteiger charge is -2.11. The normalized spacial score (nSPS) is 10.4. The molecule has 90 valence electrons. The van der Waals surface area contributed by atoms with E-state index in [0.717, 1.165) is 12.2 Å². The lowest BCUT2D eigenvalue weighted by Crippen LogP contribution is -2.11. The zero-order chi connectivity index (χ0) is 11.8. The van der Waals surface area contributed by atoms with Gasteiger partial charge in [0.2, 0.25) is 0 Å². The van der Waals surface area contributed by atoms with Crippen LogP contribution in [-0.2, 0) is 4.74 Å². The van der Waals surface area contributed by atoms with Crippen molar-refractivity contribution in [2.75, 3.05) is 26.4 Å². The molecular weight excluding hydrogens is 202 g/mol. The summed E-state index contributed by atoms with van der Waals surface area (Å²) >= 11 is 0. The maximum absolute atomic E-state index is 5.69. The zero-order valence-electron chi connectivity index (χ0n) is 10.2. The molecule has 3 nitrogen and oxygen atoms in total. The van der Waals surface area contributed by atoms with Gasteiger partial charge in [0.05, 0.1) is 6.61 Å². The molecule has 0 aliphatic carbocycles. The van der Waals surface area contributed by atoms with Gasteiger partial charge in [0.25, 0.3) is 0 Å². The number of hydrogen-bond acceptors (Lipinski definition) is 3. The van der Waals surface area contributed by atoms with E-state index in [2.05, 4.69) is 26.0 Å². The lowest BCUT2D eigenvalue weighted by molar-refractivity contribution is 0.0990. The van der Waals surface area contributed by atoms with Gasteiger partial charge in [-0.15, -0.1) is 0 Å². The first-order chi connectivity index (χ1) is 7.75. The largest absolute Gasteiger partial charge is 0.491 e. The van der Waals surface area contributed by atoms with Crippen molar-refractivity contribution in [3.63, 3.8) is 0 Å². The van der Waals surface area contributed by atoms with Gasteiger partial charge < -0.3 is 15.2 Å². The van der Waals surface area contributed by atoms with E-state index in [1.807, 2.05) is 6.07 Å². The molecule has 0 saturated heterocycles. The minimum absolute atomic E-state index is 0.594. The van der Waals surface area contributed by atoms with Crippen molar-refractivity contribution in [1.82, 2.24) is 0 Å². The van der Waals surface area contributed by atoms with Gasteiger partial charge in [-0.1, -0.05) is 18.2 Å². The number of rotatable bonds is 7. The summed E-state index contributed by atoms with van der Waals surface area (Å²) in [5.74, 6) is 0.977. The van der Waals surface area contributed by atoms with Crippen molar-refractivity contribution in [1.29, 1.82) is 0 Å². The van der Waals surface area contributed by atoms with Crippen molar-refractivity contribution in [2.24, 2.45) is 5.73 Å². The summed E-state index contributed by atoms with van der Waals surface area (Å²) in [6, 6.07) is 6.14. The van der Waals surface area contributed by atoms with Crippen LogP contribution in [0.1, 0.15) is 17.5 Å². The standard InChI is InChI=1S/C13H21NO2/c1-11-5-3-6-12(2)13(11)16-10-9-15-8-4-7-14/h3,5-6H,4,7-10,14H2,1-2H3. The molecule has 3 heteroatoms. The first-order valence-electron chi connectivity index (χ1n) is 5.72. The summed E-state index contributed by atoms with van der Waals surface area (Å²) in [6.45, 7) is 6.71. The molecular formula is C13H21NO2. The zero-order valence-corrected chi connectivity index (χ0v) is 10.2. The van der Waals surface area contributed by atoms with Crippen LogP contribution < -0.4 is 10.5 Å². The second kappa shape index (κ2) is 7.25. The Labute approximate surface area is 97.6 Å². The molecule has 16 heavy (non-hydrogen) atoms. The molecule has 0 radical (unpaired) electrons. The third-order valence-electron chi connectivity index (χ3n) is 2.38. The van der Waals surface area contributed by atoms with E-state index in [9.17, 15) is 0 Å². The topological polar surface area (TPSA) is 44.5 Å². The molecule has 0 amide bonds. The van der Waals surface area contributed by atoms with Crippen LogP contribution in [0.5, 0.6) is 5.75 Å². The van der Waals surface area contributed by atoms with Crippen molar-refractivity contribution >= 4 is 0 Å². The van der Waals surface area contributed by atoms with E-state index >= 15 is 0 Å². The predicted octanol–water partition coefficient (Wildman–Crippen LogP) is 2.05. The second-order valence-electron chi connectivity index (χ2n) is 3.82. The quantitative estimate of drug-likeness (QED) is 0.719. The molecule has 1 aromatic rings. The minimum Gasteiger partial charge on any atom is -0.491 e. The molecule has 0 spiro atoms. The van der Waals surface area contributed by atoms with Crippen molar-refractivity contribution in [3.8, 4) is 5.75 Å². The molecule has 0 unspecified atom stereocenters. The number of hydrogen-bond donors (Lipinski definition) is 1. The van der Waals surface area contributed by atoms with Gasteiger partial charge in [-0.2, -0.15) is 0 Å². The van der Waals surface area contributed by atoms with Crippen molar-refractivity contribution in [2.45, 2.75) is 20.3 Å². The van der Waals surface area contributed by atoms with Crippen LogP contribution in [-0.4, -0.2) is 26.4 Å². The fourth-order valence-electron chi connectivity index (χ4n) is 1.52. The highest BCUT2D eigenvalue weighted by Gasteiger charge is 2.02. The number of ether oxygens (including phenoxy) is 2. The van der Waals surface area contributed by atoms with E-state index in [1.54, 1.807) is 0 Å². The Hall–Kier alpha value is -1.06. The molecule has 0 aliphatic rings. The first kappa shape index (κ1) is 13.0. The van der Waals surface area contributed by atoms with Crippen LogP contribution in [0.25, 0.3) is 0 Å². The summed E-state index contributed by atoms with van der Waals surface area (Å²) < 4.78 is 11.1. The van der Waals surface area contributed by atoms with E-state index in [4.69, 9.17) is 15.2 Å². The number of aryl methyl sites for hydroxylation is 2. The molecule has 1 rings (SSSR count). The molecule has 2 N–H and O–H groups in total. The Kier molecular flexibility index (Phi) is 5.90. The van der Waals surface area contributed by atoms with Crippen LogP contribution >= 0.6 is 0 Å². The predicted molar refractivity (Wildman–Crippen MR) is 65.9 cm³/mol. The summed E-state index contributed by atoms with van der Waals surface area (Å²) in [6.07, 6.45) is 0.906. The van der Waals surface area contributed by atoms with E-state index < -0.39 is 0 Å². The average molecular weight is 223 g/mol. The average Bonchev–Trinajstić information content (AvgIpc) is 2.26. The van der Waals surface area contributed by atoms with Crippen LogP contribution in [0.15, 0.2) is 18.2 Å². The monoisotopic (exact) mass is 223 g/mol. The SMILES string of the molecule is Cc1cccc(C)c1OCCOCCCN. The van der Waals surface area contributed by atoms with Gasteiger partial charge in [-0.3, -0.25) is 0 Å². The van der Waals surface area contributed by atoms with E-state index in [-0.39, 0.29) is 0 Å². The van der Waals surface area contributed by atoms with Gasteiger partial charge in [0, 0.05) is 6.61 Å². The maximum Gasteiger partial charge on any atom is 0.125 e. The van der Waals surface area contributed by atoms with Crippen molar-refractivity contribution in [3.05, 3.63) is 29.3 Å². The van der Waals surface area contributed by atoms with Crippen LogP contribution in [0.4, 0.5) is 0 Å². The van der Waals surface area contributed by atoms with Gasteiger partial charge in [0.15, 0.2) is 0 Å². The Balaban J connectivity index is 2.26. The third kappa shape index (κ3) is 4.21. The second-order valence-corrected chi connectivity index (χ2v) is 3.82. The fourth-order valence-corrected chi connectivity index (χ4v) is 1.52. The molecule has 0 bridgehead atoms. The Morgan fingerprint density at radius 1 is 1.06 bits per heavy atom. The van der Waals surface area contributed by atoms with Gasteiger partial charge in [-0.25, -0.2) is 0 Å². The Morgan fingerprint density at radius 3 is 2.38 bits per heavy atom. The van der Waals surface area contributed by atoms with E-state index in [0.29, 0.717) is 26.4 Å². The third-order valence-corrected chi connectivity index (χ3v) is 2.38. The molecule has 0 aliphatic heterocycles. The van der Waals surface area contributed by atoms with Crippen LogP contribution in [0.3, 0.4) is 0 Å². The summed E-state index contributed by atoms with van der Waals surface area (Å²) in [5, 5.41) is 0. The molecule has 0 atom stereocenters. The molecule has 0 fully saturated rings. The highest BCUT2D eigenvalue weighted by molar-refractivity contribution is 5.39. The number of para-hydroxylation sites is 1. The molecule has 0 aromatic heterocycles. The molecule has 0 heterocycles. The molecule has 0 saturated carbocycles. The molecule has 1 aromatic carbocycles. The van der Waals surface area contributed by atoms with Gasteiger partial charge >= 0.3 is 0 Å². The summed E-state index contributed by atoms with van der Waals surface area (Å²) in [7, 11) is 0. The summed E-state index contributed by atoms with van der Waals surface area (Å²) in [5.41, 5.74) is 7.70. The highest BCUT2D eigenvalue weighted by atomic mass is 16.5. The Bertz CT molecular complexity index is 293. The van der Waals surface area contributed by atoms with Gasteiger partial charge in [-0.05, 0) is 37.9 Å². The Morgan fingerprint density at radius 2 is 1.75 bits per heavy atom. The minimum atomic E-state index is 0.594. The number of benzene rings is 1.